The molecule has 0 amide bonds. The number of anilines is 3. The quantitative estimate of drug-likeness (QED) is 0.172. The first-order valence-corrected chi connectivity index (χ1v) is 17.8. The van der Waals surface area contributed by atoms with E-state index in [1.165, 1.54) is 65.6 Å². The second-order valence-corrected chi connectivity index (χ2v) is 13.4. The minimum Gasteiger partial charge on any atom is -0.310 e. The lowest BCUT2D eigenvalue weighted by Gasteiger charge is -2.26. The summed E-state index contributed by atoms with van der Waals surface area (Å²) in [6.07, 6.45) is 0. The third kappa shape index (κ3) is 5.12. The van der Waals surface area contributed by atoms with Crippen molar-refractivity contribution in [1.82, 2.24) is 4.57 Å². The predicted octanol–water partition coefficient (Wildman–Crippen LogP) is 13.9. The van der Waals surface area contributed by atoms with Gasteiger partial charge in [-0.15, -0.1) is 0 Å². The summed E-state index contributed by atoms with van der Waals surface area (Å²) in [6, 6.07) is 74.7. The van der Waals surface area contributed by atoms with Gasteiger partial charge in [0.05, 0.1) is 11.0 Å². The zero-order valence-corrected chi connectivity index (χ0v) is 28.5. The van der Waals surface area contributed by atoms with E-state index in [0.717, 1.165) is 22.7 Å². The Bertz CT molecular complexity index is 2880. The van der Waals surface area contributed by atoms with Crippen LogP contribution in [0.15, 0.2) is 206 Å². The van der Waals surface area contributed by atoms with Crippen LogP contribution in [0.1, 0.15) is 0 Å². The minimum absolute atomic E-state index is 1.10. The van der Waals surface area contributed by atoms with Crippen molar-refractivity contribution in [3.05, 3.63) is 206 Å². The van der Waals surface area contributed by atoms with Gasteiger partial charge in [0, 0.05) is 33.5 Å². The number of aromatic nitrogens is 1. The molecule has 1 heterocycles. The van der Waals surface area contributed by atoms with Crippen molar-refractivity contribution in [2.24, 2.45) is 0 Å². The van der Waals surface area contributed by atoms with Crippen LogP contribution in [-0.4, -0.2) is 4.57 Å². The van der Waals surface area contributed by atoms with Crippen LogP contribution in [0.25, 0.3) is 71.3 Å². The van der Waals surface area contributed by atoms with E-state index < -0.39 is 0 Å². The largest absolute Gasteiger partial charge is 0.310 e. The summed E-state index contributed by atoms with van der Waals surface area (Å²) in [5.41, 5.74) is 11.7. The maximum absolute atomic E-state index is 2.43. The molecule has 0 bridgehead atoms. The summed E-state index contributed by atoms with van der Waals surface area (Å²) in [6.45, 7) is 0. The molecule has 9 aromatic carbocycles. The third-order valence-electron chi connectivity index (χ3n) is 10.3. The Balaban J connectivity index is 1.14. The molecule has 0 aliphatic heterocycles. The van der Waals surface area contributed by atoms with Gasteiger partial charge in [-0.05, 0) is 104 Å². The molecule has 0 unspecified atom stereocenters. The second-order valence-electron chi connectivity index (χ2n) is 13.4. The zero-order chi connectivity index (χ0) is 34.4. The molecule has 0 N–H and O–H groups in total. The Hall–Kier alpha value is -6.90. The lowest BCUT2D eigenvalue weighted by atomic mass is 9.97. The number of para-hydroxylation sites is 2. The molecule has 1 aromatic heterocycles. The van der Waals surface area contributed by atoms with Gasteiger partial charge in [0.25, 0.3) is 0 Å². The molecule has 0 atom stereocenters. The van der Waals surface area contributed by atoms with E-state index in [2.05, 4.69) is 216 Å². The van der Waals surface area contributed by atoms with Crippen LogP contribution in [0.5, 0.6) is 0 Å². The molecule has 0 fully saturated rings. The summed E-state index contributed by atoms with van der Waals surface area (Å²) in [4.78, 5) is 2.36. The first-order valence-electron chi connectivity index (χ1n) is 17.8. The topological polar surface area (TPSA) is 8.17 Å². The van der Waals surface area contributed by atoms with Crippen LogP contribution < -0.4 is 4.90 Å². The van der Waals surface area contributed by atoms with Crippen molar-refractivity contribution in [2.75, 3.05) is 4.90 Å². The molecule has 0 saturated heterocycles. The molecule has 10 aromatic rings. The molecule has 2 heteroatoms. The van der Waals surface area contributed by atoms with Gasteiger partial charge in [0.1, 0.15) is 0 Å². The summed E-state index contributed by atoms with van der Waals surface area (Å²) in [7, 11) is 0. The summed E-state index contributed by atoms with van der Waals surface area (Å²) < 4.78 is 2.43. The van der Waals surface area contributed by atoms with Crippen LogP contribution >= 0.6 is 0 Å². The van der Waals surface area contributed by atoms with Crippen LogP contribution in [0.4, 0.5) is 17.1 Å². The lowest BCUT2D eigenvalue weighted by molar-refractivity contribution is 1.18. The van der Waals surface area contributed by atoms with Gasteiger partial charge in [-0.1, -0.05) is 146 Å². The van der Waals surface area contributed by atoms with Crippen molar-refractivity contribution in [2.45, 2.75) is 0 Å². The van der Waals surface area contributed by atoms with E-state index in [1.54, 1.807) is 0 Å². The van der Waals surface area contributed by atoms with Crippen molar-refractivity contribution in [3.8, 4) is 27.9 Å². The van der Waals surface area contributed by atoms with E-state index in [0.29, 0.717) is 0 Å². The van der Waals surface area contributed by atoms with E-state index in [9.17, 15) is 0 Å². The molecule has 0 saturated carbocycles. The third-order valence-corrected chi connectivity index (χ3v) is 10.3. The highest BCUT2D eigenvalue weighted by atomic mass is 15.1. The highest BCUT2D eigenvalue weighted by molar-refractivity contribution is 6.12. The highest BCUT2D eigenvalue weighted by Gasteiger charge is 2.18. The van der Waals surface area contributed by atoms with Gasteiger partial charge >= 0.3 is 0 Å². The number of benzene rings is 9. The first kappa shape index (κ1) is 30.0. The summed E-state index contributed by atoms with van der Waals surface area (Å²) >= 11 is 0. The van der Waals surface area contributed by atoms with Gasteiger partial charge in [0.2, 0.25) is 0 Å². The van der Waals surface area contributed by atoms with Gasteiger partial charge in [-0.3, -0.25) is 0 Å². The summed E-state index contributed by atoms with van der Waals surface area (Å²) in [5.74, 6) is 0. The Morgan fingerprint density at radius 2 is 0.885 bits per heavy atom. The Kier molecular flexibility index (Phi) is 7.18. The standard InChI is InChI=1S/C50H34N2/c1-3-16-41(17-4-1)51(43-27-24-36(25-28-43)39-23-22-35-12-7-8-14-38(35)32-39)44-29-31-48-47-30-26-40(46-21-11-15-37-13-9-10-20-45(37)46)33-49(47)52(50(48)34-44)42-18-5-2-6-19-42/h1-34H. The number of hydrogen-bond donors (Lipinski definition) is 0. The zero-order valence-electron chi connectivity index (χ0n) is 28.5. The monoisotopic (exact) mass is 662 g/mol. The van der Waals surface area contributed by atoms with E-state index in [1.807, 2.05) is 0 Å². The average Bonchev–Trinajstić information content (AvgIpc) is 3.54. The predicted molar refractivity (Wildman–Crippen MR) is 221 cm³/mol. The molecule has 0 aliphatic rings. The molecule has 0 aliphatic carbocycles. The molecular weight excluding hydrogens is 629 g/mol. The van der Waals surface area contributed by atoms with Crippen molar-refractivity contribution in [3.63, 3.8) is 0 Å². The fourth-order valence-corrected chi connectivity index (χ4v) is 7.84. The SMILES string of the molecule is c1ccc(N(c2ccc(-c3ccc4ccccc4c3)cc2)c2ccc3c4ccc(-c5cccc6ccccc56)cc4n(-c4ccccc4)c3c2)cc1. The van der Waals surface area contributed by atoms with Crippen LogP contribution in [0.3, 0.4) is 0 Å². The van der Waals surface area contributed by atoms with Crippen LogP contribution in [-0.2, 0) is 0 Å². The van der Waals surface area contributed by atoms with Gasteiger partial charge in [-0.2, -0.15) is 0 Å². The fraction of sp³-hybridized carbons (Fsp3) is 0. The highest BCUT2D eigenvalue weighted by Crippen LogP contribution is 2.41. The van der Waals surface area contributed by atoms with Crippen LogP contribution in [0, 0.1) is 0 Å². The van der Waals surface area contributed by atoms with Gasteiger partial charge in [-0.25, -0.2) is 0 Å². The molecule has 10 rings (SSSR count). The van der Waals surface area contributed by atoms with Crippen molar-refractivity contribution >= 4 is 60.4 Å². The normalized spacial score (nSPS) is 11.5. The smallest absolute Gasteiger partial charge is 0.0561 e. The molecular formula is C50H34N2. The molecule has 0 radical (unpaired) electrons. The maximum atomic E-state index is 2.43. The van der Waals surface area contributed by atoms with Crippen LogP contribution in [0.2, 0.25) is 0 Å². The fourth-order valence-electron chi connectivity index (χ4n) is 7.84. The van der Waals surface area contributed by atoms with E-state index in [-0.39, 0.29) is 0 Å². The Labute approximate surface area is 303 Å². The second kappa shape index (κ2) is 12.5. The Morgan fingerprint density at radius 3 is 1.69 bits per heavy atom. The molecule has 244 valence electrons. The minimum atomic E-state index is 1.10. The first-order chi connectivity index (χ1) is 25.8. The summed E-state index contributed by atoms with van der Waals surface area (Å²) in [5, 5.41) is 7.48. The van der Waals surface area contributed by atoms with Gasteiger partial charge in [0.15, 0.2) is 0 Å². The maximum Gasteiger partial charge on any atom is 0.0561 e. The number of rotatable bonds is 6. The van der Waals surface area contributed by atoms with Crippen molar-refractivity contribution in [1.29, 1.82) is 0 Å². The molecule has 0 spiro atoms. The number of hydrogen-bond acceptors (Lipinski definition) is 1. The average molecular weight is 663 g/mol. The molecule has 2 nitrogen and oxygen atoms in total. The lowest BCUT2D eigenvalue weighted by Crippen LogP contribution is -2.10. The number of fused-ring (bicyclic) bond motifs is 5. The van der Waals surface area contributed by atoms with Gasteiger partial charge < -0.3 is 9.47 Å². The molecule has 52 heavy (non-hydrogen) atoms. The number of nitrogens with zero attached hydrogens (tertiary/aromatic N) is 2. The van der Waals surface area contributed by atoms with E-state index >= 15 is 0 Å². The Morgan fingerprint density at radius 1 is 0.308 bits per heavy atom. The van der Waals surface area contributed by atoms with Crippen molar-refractivity contribution < 1.29 is 0 Å². The van der Waals surface area contributed by atoms with E-state index in [4.69, 9.17) is 0 Å².